The fourth-order valence-electron chi connectivity index (χ4n) is 11.1. The Bertz CT molecular complexity index is 1350. The number of nitrogens with zero attached hydrogens (tertiary/aromatic N) is 1. The lowest BCUT2D eigenvalue weighted by atomic mass is 10.0. The number of carbonyl (C=O) groups is 1. The number of nitrogens with one attached hydrogen (secondary N) is 1. The maximum atomic E-state index is 13.1. The van der Waals surface area contributed by atoms with Crippen molar-refractivity contribution >= 4 is 13.7 Å². The summed E-state index contributed by atoms with van der Waals surface area (Å²) in [5.74, 6) is -0.155. The third-order valence-corrected chi connectivity index (χ3v) is 17.7. The Labute approximate surface area is 500 Å². The molecule has 0 aromatic carbocycles. The number of allylic oxidation sites excluding steroid dienone is 4. The highest BCUT2D eigenvalue weighted by Crippen LogP contribution is 2.38. The van der Waals surface area contributed by atoms with Crippen LogP contribution in [-0.4, -0.2) is 68.5 Å². The second-order valence-electron chi connectivity index (χ2n) is 26.0. The molecule has 0 aliphatic carbocycles. The smallest absolute Gasteiger partial charge is 0.268 e. The van der Waals surface area contributed by atoms with E-state index in [9.17, 15) is 19.4 Å². The van der Waals surface area contributed by atoms with Crippen LogP contribution in [0, 0.1) is 0 Å². The Balaban J connectivity index is 3.92. The van der Waals surface area contributed by atoms with Crippen LogP contribution in [0.2, 0.25) is 0 Å². The number of aliphatic hydroxyl groups excluding tert-OH is 1. The van der Waals surface area contributed by atoms with Crippen LogP contribution in [0.3, 0.4) is 0 Å². The second kappa shape index (κ2) is 62.5. The van der Waals surface area contributed by atoms with Gasteiger partial charge < -0.3 is 28.8 Å². The summed E-state index contributed by atoms with van der Waals surface area (Å²) in [6.07, 6.45) is 81.2. The van der Waals surface area contributed by atoms with Crippen molar-refractivity contribution in [3.8, 4) is 0 Å². The quantitative estimate of drug-likeness (QED) is 0.0272. The predicted octanol–water partition coefficient (Wildman–Crippen LogP) is 22.0. The van der Waals surface area contributed by atoms with E-state index in [1.807, 2.05) is 21.1 Å². The lowest BCUT2D eigenvalue weighted by molar-refractivity contribution is -0.870. The van der Waals surface area contributed by atoms with E-state index in [4.69, 9.17) is 9.05 Å². The Morgan fingerprint density at radius 1 is 0.438 bits per heavy atom. The number of hydrogen-bond acceptors (Lipinski definition) is 6. The molecular weight excluding hydrogens is 1010 g/mol. The lowest BCUT2D eigenvalue weighted by Crippen LogP contribution is -2.46. The monoisotopic (exact) mass is 1150 g/mol. The summed E-state index contributed by atoms with van der Waals surface area (Å²) in [5.41, 5.74) is 0. The van der Waals surface area contributed by atoms with Crippen LogP contribution >= 0.6 is 7.82 Å². The Hall–Kier alpha value is -1.02. The summed E-state index contributed by atoms with van der Waals surface area (Å²) < 4.78 is 23.5. The maximum absolute atomic E-state index is 13.1. The molecule has 0 fully saturated rings. The van der Waals surface area contributed by atoms with Gasteiger partial charge in [-0.1, -0.05) is 346 Å². The van der Waals surface area contributed by atoms with Gasteiger partial charge in [0.2, 0.25) is 5.91 Å². The first-order chi connectivity index (χ1) is 39.0. The average molecular weight is 1150 g/mol. The molecule has 0 saturated heterocycles. The van der Waals surface area contributed by atoms with Crippen LogP contribution < -0.4 is 10.2 Å². The summed E-state index contributed by atoms with van der Waals surface area (Å²) in [4.78, 5) is 25.7. The van der Waals surface area contributed by atoms with Gasteiger partial charge in [0.05, 0.1) is 39.9 Å². The van der Waals surface area contributed by atoms with Gasteiger partial charge in [-0.25, -0.2) is 0 Å². The summed E-state index contributed by atoms with van der Waals surface area (Å²) in [5, 5.41) is 14.1. The van der Waals surface area contributed by atoms with Crippen molar-refractivity contribution in [2.45, 2.75) is 386 Å². The van der Waals surface area contributed by atoms with Crippen LogP contribution in [0.4, 0.5) is 0 Å². The first-order valence-electron chi connectivity index (χ1n) is 35.7. The predicted molar refractivity (Wildman–Crippen MR) is 349 cm³/mol. The first-order valence-corrected chi connectivity index (χ1v) is 37.1. The molecule has 0 rings (SSSR count). The Kier molecular flexibility index (Phi) is 61.7. The van der Waals surface area contributed by atoms with Crippen LogP contribution in [-0.2, 0) is 18.4 Å². The van der Waals surface area contributed by atoms with Gasteiger partial charge in [0.15, 0.2) is 0 Å². The minimum absolute atomic E-state index is 0.0155. The van der Waals surface area contributed by atoms with Crippen molar-refractivity contribution in [3.63, 3.8) is 0 Å². The molecule has 0 spiro atoms. The van der Waals surface area contributed by atoms with Crippen LogP contribution in [0.5, 0.6) is 0 Å². The SMILES string of the molecule is CCCCCCC/C=C\C/C=C\CCCCCCCCCCCCCCCCCCCCCCCCCCCC(=O)NC(COP(=O)([O-])OCC[N+](C)(C)C)C(O)CCCCCCCCCCCCCCCCCCCCCCC. The number of hydrogen-bond donors (Lipinski definition) is 2. The molecule has 0 saturated carbocycles. The highest BCUT2D eigenvalue weighted by atomic mass is 31.2. The van der Waals surface area contributed by atoms with Crippen molar-refractivity contribution in [3.05, 3.63) is 24.3 Å². The molecule has 80 heavy (non-hydrogen) atoms. The highest BCUT2D eigenvalue weighted by molar-refractivity contribution is 7.45. The van der Waals surface area contributed by atoms with Gasteiger partial charge in [0.25, 0.3) is 7.82 Å². The van der Waals surface area contributed by atoms with Gasteiger partial charge in [-0.15, -0.1) is 0 Å². The van der Waals surface area contributed by atoms with Crippen LogP contribution in [0.25, 0.3) is 0 Å². The number of likely N-dealkylation sites (N-methyl/N-ethyl adjacent to an activating group) is 1. The number of amides is 1. The summed E-state index contributed by atoms with van der Waals surface area (Å²) in [7, 11) is 1.33. The normalized spacial score (nSPS) is 13.7. The van der Waals surface area contributed by atoms with E-state index in [1.54, 1.807) is 0 Å². The number of unbranched alkanes of at least 4 members (excludes halogenated alkanes) is 50. The third kappa shape index (κ3) is 64.5. The summed E-state index contributed by atoms with van der Waals surface area (Å²) in [6.45, 7) is 4.77. The molecular formula is C71H141N2O6P. The van der Waals surface area contributed by atoms with E-state index in [-0.39, 0.29) is 19.1 Å². The number of phosphoric acid groups is 1. The van der Waals surface area contributed by atoms with E-state index < -0.39 is 20.0 Å². The number of rotatable bonds is 67. The molecule has 3 unspecified atom stereocenters. The number of carbonyl (C=O) groups excluding carboxylic acids is 1. The highest BCUT2D eigenvalue weighted by Gasteiger charge is 2.24. The lowest BCUT2D eigenvalue weighted by Gasteiger charge is -2.30. The Morgan fingerprint density at radius 2 is 0.725 bits per heavy atom. The molecule has 1 amide bonds. The molecule has 0 bridgehead atoms. The molecule has 0 radical (unpaired) electrons. The van der Waals surface area contributed by atoms with Crippen LogP contribution in [0.15, 0.2) is 24.3 Å². The van der Waals surface area contributed by atoms with Crippen molar-refractivity contribution in [1.82, 2.24) is 5.32 Å². The van der Waals surface area contributed by atoms with Gasteiger partial charge in [-0.3, -0.25) is 9.36 Å². The second-order valence-corrected chi connectivity index (χ2v) is 27.4. The summed E-state index contributed by atoms with van der Waals surface area (Å²) >= 11 is 0. The van der Waals surface area contributed by atoms with E-state index in [0.29, 0.717) is 23.9 Å². The number of quaternary nitrogens is 1. The molecule has 0 heterocycles. The van der Waals surface area contributed by atoms with Crippen molar-refractivity contribution in [2.75, 3.05) is 40.9 Å². The molecule has 476 valence electrons. The van der Waals surface area contributed by atoms with E-state index in [2.05, 4.69) is 43.5 Å². The maximum Gasteiger partial charge on any atom is 0.268 e. The van der Waals surface area contributed by atoms with E-state index in [0.717, 1.165) is 44.9 Å². The standard InChI is InChI=1S/C71H141N2O6P/c1-6-8-10-12-14-16-18-20-22-24-26-28-29-30-31-32-33-34-35-36-37-38-39-40-41-42-43-45-47-49-51-53-55-57-59-61-63-65-71(75)72-69(68-79-80(76,77)78-67-66-73(3,4)5)70(74)64-62-60-58-56-54-52-50-48-46-44-27-25-23-21-19-17-15-13-11-9-7-2/h18,20,24,26,69-70,74H,6-17,19,21-23,25,27-68H2,1-5H3,(H-,72,75,76,77)/b20-18-,26-24-. The van der Waals surface area contributed by atoms with Gasteiger partial charge >= 0.3 is 0 Å². The zero-order valence-corrected chi connectivity index (χ0v) is 55.5. The van der Waals surface area contributed by atoms with Gasteiger partial charge in [-0.05, 0) is 44.9 Å². The minimum atomic E-state index is -4.58. The molecule has 3 atom stereocenters. The molecule has 2 N–H and O–H groups in total. The van der Waals surface area contributed by atoms with Crippen molar-refractivity contribution in [1.29, 1.82) is 0 Å². The third-order valence-electron chi connectivity index (χ3n) is 16.7. The van der Waals surface area contributed by atoms with Gasteiger partial charge in [-0.2, -0.15) is 0 Å². The van der Waals surface area contributed by atoms with Crippen LogP contribution in [0.1, 0.15) is 373 Å². The zero-order chi connectivity index (χ0) is 58.4. The molecule has 8 nitrogen and oxygen atoms in total. The number of aliphatic hydroxyl groups is 1. The summed E-state index contributed by atoms with van der Waals surface area (Å²) in [6, 6.07) is -0.798. The molecule has 9 heteroatoms. The van der Waals surface area contributed by atoms with E-state index >= 15 is 0 Å². The molecule has 0 aliphatic rings. The molecule has 0 aliphatic heterocycles. The fraction of sp³-hybridized carbons (Fsp3) is 0.930. The van der Waals surface area contributed by atoms with Gasteiger partial charge in [0, 0.05) is 6.42 Å². The van der Waals surface area contributed by atoms with E-state index in [1.165, 1.54) is 302 Å². The minimum Gasteiger partial charge on any atom is -0.756 e. The Morgan fingerprint density at radius 3 is 1.04 bits per heavy atom. The number of phosphoric ester groups is 1. The largest absolute Gasteiger partial charge is 0.756 e. The molecule has 0 aromatic heterocycles. The van der Waals surface area contributed by atoms with Crippen molar-refractivity contribution in [2.24, 2.45) is 0 Å². The van der Waals surface area contributed by atoms with Gasteiger partial charge in [0.1, 0.15) is 13.2 Å². The topological polar surface area (TPSA) is 108 Å². The average Bonchev–Trinajstić information content (AvgIpc) is 3.42. The zero-order valence-electron chi connectivity index (χ0n) is 54.6. The fourth-order valence-corrected chi connectivity index (χ4v) is 11.9. The first kappa shape index (κ1) is 79.0. The van der Waals surface area contributed by atoms with Crippen molar-refractivity contribution < 1.29 is 32.9 Å². The molecule has 0 aromatic rings.